The Morgan fingerprint density at radius 1 is 1.24 bits per heavy atom. The van der Waals surface area contributed by atoms with E-state index in [9.17, 15) is 0 Å². The molecule has 2 rings (SSSR count). The van der Waals surface area contributed by atoms with Gasteiger partial charge in [0.05, 0.1) is 12.6 Å². The van der Waals surface area contributed by atoms with E-state index in [1.807, 2.05) is 39.0 Å². The number of benzene rings is 1. The van der Waals surface area contributed by atoms with Crippen molar-refractivity contribution < 1.29 is 9.15 Å². The zero-order valence-corrected chi connectivity index (χ0v) is 17.9. The van der Waals surface area contributed by atoms with Crippen molar-refractivity contribution in [2.75, 3.05) is 13.7 Å². The van der Waals surface area contributed by atoms with E-state index in [0.717, 1.165) is 28.8 Å². The first-order valence-electron chi connectivity index (χ1n) is 8.29. The SMILES string of the molecule is CCOc1ccc(CNC(=NC)NC(C)c2ccc(C)o2)cc1C.I. The highest BCUT2D eigenvalue weighted by Crippen LogP contribution is 2.19. The Bertz CT molecular complexity index is 698. The van der Waals surface area contributed by atoms with Crippen LogP contribution in [0.2, 0.25) is 0 Å². The fourth-order valence-electron chi connectivity index (χ4n) is 2.48. The predicted molar refractivity (Wildman–Crippen MR) is 113 cm³/mol. The van der Waals surface area contributed by atoms with Crippen LogP contribution in [-0.2, 0) is 6.54 Å². The second-order valence-electron chi connectivity index (χ2n) is 5.77. The number of nitrogens with one attached hydrogen (secondary N) is 2. The van der Waals surface area contributed by atoms with Gasteiger partial charge in [-0.2, -0.15) is 0 Å². The second kappa shape index (κ2) is 10.3. The minimum Gasteiger partial charge on any atom is -0.494 e. The number of aryl methyl sites for hydroxylation is 2. The molecule has 0 aliphatic heterocycles. The summed E-state index contributed by atoms with van der Waals surface area (Å²) in [6, 6.07) is 10.2. The maximum absolute atomic E-state index is 5.65. The van der Waals surface area contributed by atoms with Gasteiger partial charge in [0.1, 0.15) is 17.3 Å². The molecule has 2 N–H and O–H groups in total. The van der Waals surface area contributed by atoms with Crippen molar-refractivity contribution >= 4 is 29.9 Å². The number of rotatable bonds is 6. The molecule has 1 atom stereocenters. The Labute approximate surface area is 167 Å². The van der Waals surface area contributed by atoms with Crippen LogP contribution in [0.1, 0.15) is 42.5 Å². The molecule has 138 valence electrons. The molecule has 0 saturated carbocycles. The number of hydrogen-bond donors (Lipinski definition) is 2. The maximum atomic E-state index is 5.65. The van der Waals surface area contributed by atoms with Gasteiger partial charge < -0.3 is 19.8 Å². The third kappa shape index (κ3) is 6.26. The molecule has 1 heterocycles. The molecule has 0 radical (unpaired) electrons. The molecular formula is C19H28IN3O2. The summed E-state index contributed by atoms with van der Waals surface area (Å²) >= 11 is 0. The molecular weight excluding hydrogens is 429 g/mol. The minimum atomic E-state index is 0. The van der Waals surface area contributed by atoms with E-state index >= 15 is 0 Å². The van der Waals surface area contributed by atoms with Crippen LogP contribution in [-0.4, -0.2) is 19.6 Å². The lowest BCUT2D eigenvalue weighted by molar-refractivity contribution is 0.338. The average Bonchev–Trinajstić information content (AvgIpc) is 3.00. The number of furan rings is 1. The molecule has 5 nitrogen and oxygen atoms in total. The Morgan fingerprint density at radius 3 is 2.56 bits per heavy atom. The van der Waals surface area contributed by atoms with Gasteiger partial charge in [-0.15, -0.1) is 24.0 Å². The van der Waals surface area contributed by atoms with Crippen molar-refractivity contribution in [3.8, 4) is 5.75 Å². The van der Waals surface area contributed by atoms with E-state index in [1.165, 1.54) is 5.56 Å². The van der Waals surface area contributed by atoms with Crippen LogP contribution < -0.4 is 15.4 Å². The molecule has 6 heteroatoms. The summed E-state index contributed by atoms with van der Waals surface area (Å²) < 4.78 is 11.2. The molecule has 0 saturated heterocycles. The summed E-state index contributed by atoms with van der Waals surface area (Å²) in [6.07, 6.45) is 0. The quantitative estimate of drug-likeness (QED) is 0.385. The van der Waals surface area contributed by atoms with Crippen molar-refractivity contribution in [2.24, 2.45) is 4.99 Å². The van der Waals surface area contributed by atoms with E-state index in [2.05, 4.69) is 34.7 Å². The topological polar surface area (TPSA) is 58.8 Å². The van der Waals surface area contributed by atoms with Crippen molar-refractivity contribution in [1.82, 2.24) is 10.6 Å². The van der Waals surface area contributed by atoms with Crippen LogP contribution in [0, 0.1) is 13.8 Å². The van der Waals surface area contributed by atoms with Gasteiger partial charge in [0.25, 0.3) is 0 Å². The predicted octanol–water partition coefficient (Wildman–Crippen LogP) is 4.34. The van der Waals surface area contributed by atoms with Crippen LogP contribution in [0.3, 0.4) is 0 Å². The van der Waals surface area contributed by atoms with Gasteiger partial charge in [-0.3, -0.25) is 4.99 Å². The Hall–Kier alpha value is -1.70. The largest absolute Gasteiger partial charge is 0.494 e. The van der Waals surface area contributed by atoms with Crippen LogP contribution in [0.25, 0.3) is 0 Å². The molecule has 1 aromatic carbocycles. The fourth-order valence-corrected chi connectivity index (χ4v) is 2.48. The monoisotopic (exact) mass is 457 g/mol. The maximum Gasteiger partial charge on any atom is 0.191 e. The first kappa shape index (κ1) is 21.3. The molecule has 0 aliphatic rings. The number of ether oxygens (including phenoxy) is 1. The number of nitrogens with zero attached hydrogens (tertiary/aromatic N) is 1. The van der Waals surface area contributed by atoms with Gasteiger partial charge in [0, 0.05) is 13.6 Å². The summed E-state index contributed by atoms with van der Waals surface area (Å²) in [6.45, 7) is 9.41. The van der Waals surface area contributed by atoms with Crippen LogP contribution in [0.15, 0.2) is 39.7 Å². The number of halogens is 1. The second-order valence-corrected chi connectivity index (χ2v) is 5.77. The van der Waals surface area contributed by atoms with Gasteiger partial charge in [-0.1, -0.05) is 12.1 Å². The molecule has 0 aliphatic carbocycles. The molecule has 1 unspecified atom stereocenters. The van der Waals surface area contributed by atoms with E-state index in [0.29, 0.717) is 13.2 Å². The first-order valence-corrected chi connectivity index (χ1v) is 8.29. The Balaban J connectivity index is 0.00000312. The molecule has 2 aromatic rings. The van der Waals surface area contributed by atoms with Crippen LogP contribution in [0.5, 0.6) is 5.75 Å². The van der Waals surface area contributed by atoms with Gasteiger partial charge in [0.2, 0.25) is 0 Å². The third-order valence-corrected chi connectivity index (χ3v) is 3.76. The Morgan fingerprint density at radius 2 is 2.00 bits per heavy atom. The fraction of sp³-hybridized carbons (Fsp3) is 0.421. The van der Waals surface area contributed by atoms with Gasteiger partial charge in [-0.25, -0.2) is 0 Å². The minimum absolute atomic E-state index is 0. The zero-order chi connectivity index (χ0) is 17.5. The summed E-state index contributed by atoms with van der Waals surface area (Å²) in [5, 5.41) is 6.66. The molecule has 0 bridgehead atoms. The van der Waals surface area contributed by atoms with Gasteiger partial charge >= 0.3 is 0 Å². The molecule has 1 aromatic heterocycles. The summed E-state index contributed by atoms with van der Waals surface area (Å²) in [5.74, 6) is 3.48. The number of hydrogen-bond acceptors (Lipinski definition) is 3. The van der Waals surface area contributed by atoms with Crippen molar-refractivity contribution in [3.05, 3.63) is 53.0 Å². The van der Waals surface area contributed by atoms with Gasteiger partial charge in [-0.05, 0) is 57.0 Å². The van der Waals surface area contributed by atoms with Crippen molar-refractivity contribution in [2.45, 2.75) is 40.3 Å². The number of guanidine groups is 1. The van der Waals surface area contributed by atoms with E-state index in [1.54, 1.807) is 7.05 Å². The Kier molecular flexibility index (Phi) is 8.82. The van der Waals surface area contributed by atoms with E-state index < -0.39 is 0 Å². The summed E-state index contributed by atoms with van der Waals surface area (Å²) in [5.41, 5.74) is 2.32. The summed E-state index contributed by atoms with van der Waals surface area (Å²) in [4.78, 5) is 4.27. The lowest BCUT2D eigenvalue weighted by Crippen LogP contribution is -2.38. The van der Waals surface area contributed by atoms with Crippen LogP contribution in [0.4, 0.5) is 0 Å². The molecule has 0 amide bonds. The van der Waals surface area contributed by atoms with E-state index in [4.69, 9.17) is 9.15 Å². The van der Waals surface area contributed by atoms with Crippen molar-refractivity contribution in [1.29, 1.82) is 0 Å². The lowest BCUT2D eigenvalue weighted by Gasteiger charge is -2.17. The standard InChI is InChI=1S/C19H27N3O2.HI/c1-6-23-17-10-8-16(11-13(17)2)12-21-19(20-5)22-15(4)18-9-7-14(3)24-18;/h7-11,15H,6,12H2,1-5H3,(H2,20,21,22);1H. The first-order chi connectivity index (χ1) is 11.5. The van der Waals surface area contributed by atoms with Crippen LogP contribution >= 0.6 is 24.0 Å². The molecule has 25 heavy (non-hydrogen) atoms. The third-order valence-electron chi connectivity index (χ3n) is 3.76. The highest BCUT2D eigenvalue weighted by Gasteiger charge is 2.11. The summed E-state index contributed by atoms with van der Waals surface area (Å²) in [7, 11) is 1.76. The molecule has 0 spiro atoms. The highest BCUT2D eigenvalue weighted by atomic mass is 127. The van der Waals surface area contributed by atoms with Crippen molar-refractivity contribution in [3.63, 3.8) is 0 Å². The smallest absolute Gasteiger partial charge is 0.191 e. The highest BCUT2D eigenvalue weighted by molar-refractivity contribution is 14.0. The van der Waals surface area contributed by atoms with Gasteiger partial charge in [0.15, 0.2) is 5.96 Å². The number of aliphatic imine (C=N–C) groups is 1. The molecule has 0 fully saturated rings. The lowest BCUT2D eigenvalue weighted by atomic mass is 10.1. The zero-order valence-electron chi connectivity index (χ0n) is 15.6. The normalized spacial score (nSPS) is 12.3. The van der Waals surface area contributed by atoms with E-state index in [-0.39, 0.29) is 30.0 Å². The average molecular weight is 457 g/mol.